The van der Waals surface area contributed by atoms with E-state index in [1.807, 2.05) is 0 Å². The number of nitrogens with zero attached hydrogens (tertiary/aromatic N) is 2. The van der Waals surface area contributed by atoms with Crippen LogP contribution in [-0.4, -0.2) is 36.0 Å². The third kappa shape index (κ3) is 3.56. The molecular weight excluding hydrogens is 415 g/mol. The molecule has 1 aliphatic rings. The lowest BCUT2D eigenvalue weighted by Crippen LogP contribution is -2.29. The lowest BCUT2D eigenvalue weighted by atomic mass is 9.95. The number of carbonyl (C=O) groups excluding carboxylic acids is 2. The Kier molecular flexibility index (Phi) is 5.59. The van der Waals surface area contributed by atoms with Gasteiger partial charge < -0.3 is 14.6 Å². The number of methoxy groups -OCH3 is 2. The highest BCUT2D eigenvalue weighted by molar-refractivity contribution is 6.51. The van der Waals surface area contributed by atoms with E-state index in [4.69, 9.17) is 9.47 Å². The molecule has 7 nitrogen and oxygen atoms in total. The molecule has 1 fully saturated rings. The van der Waals surface area contributed by atoms with Crippen LogP contribution in [0.4, 0.5) is 10.1 Å². The van der Waals surface area contributed by atoms with Crippen molar-refractivity contribution in [2.45, 2.75) is 6.04 Å². The molecule has 1 saturated heterocycles. The average Bonchev–Trinajstić information content (AvgIpc) is 3.09. The van der Waals surface area contributed by atoms with E-state index in [0.29, 0.717) is 11.3 Å². The number of ketones is 1. The summed E-state index contributed by atoms with van der Waals surface area (Å²) in [6.45, 7) is 0. The molecule has 4 rings (SSSR count). The van der Waals surface area contributed by atoms with Crippen molar-refractivity contribution in [3.05, 3.63) is 89.5 Å². The van der Waals surface area contributed by atoms with E-state index >= 15 is 0 Å². The van der Waals surface area contributed by atoms with Crippen molar-refractivity contribution in [1.29, 1.82) is 0 Å². The SMILES string of the molecule is COc1ccc(OC)c(/C(O)=C2\C(=O)C(=O)N(c3cccc(F)c3)C2c2cccnc2)c1. The molecule has 1 aliphatic heterocycles. The minimum atomic E-state index is -1.03. The first kappa shape index (κ1) is 21.0. The molecule has 0 radical (unpaired) electrons. The molecule has 3 aromatic rings. The molecule has 8 heteroatoms. The van der Waals surface area contributed by atoms with Crippen LogP contribution in [0, 0.1) is 5.82 Å². The van der Waals surface area contributed by atoms with Gasteiger partial charge in [0.15, 0.2) is 0 Å². The van der Waals surface area contributed by atoms with Crippen LogP contribution in [0.2, 0.25) is 0 Å². The number of pyridine rings is 1. The van der Waals surface area contributed by atoms with Crippen molar-refractivity contribution in [1.82, 2.24) is 4.98 Å². The van der Waals surface area contributed by atoms with Gasteiger partial charge in [-0.05, 0) is 48.0 Å². The Bertz CT molecular complexity index is 1230. The zero-order valence-electron chi connectivity index (χ0n) is 17.3. The van der Waals surface area contributed by atoms with E-state index in [1.54, 1.807) is 30.5 Å². The highest BCUT2D eigenvalue weighted by atomic mass is 19.1. The number of aromatic nitrogens is 1. The van der Waals surface area contributed by atoms with Gasteiger partial charge in [0, 0.05) is 18.1 Å². The maximum absolute atomic E-state index is 14.0. The van der Waals surface area contributed by atoms with Crippen LogP contribution in [0.25, 0.3) is 5.76 Å². The monoisotopic (exact) mass is 434 g/mol. The van der Waals surface area contributed by atoms with Crippen molar-refractivity contribution < 1.29 is 28.6 Å². The molecule has 0 bridgehead atoms. The van der Waals surface area contributed by atoms with Crippen molar-refractivity contribution in [3.8, 4) is 11.5 Å². The van der Waals surface area contributed by atoms with Crippen molar-refractivity contribution >= 4 is 23.1 Å². The molecule has 2 heterocycles. The van der Waals surface area contributed by atoms with Gasteiger partial charge in [0.1, 0.15) is 23.1 Å². The average molecular weight is 434 g/mol. The van der Waals surface area contributed by atoms with Crippen LogP contribution in [-0.2, 0) is 9.59 Å². The Balaban J connectivity index is 1.98. The number of carbonyl (C=O) groups is 2. The maximum Gasteiger partial charge on any atom is 0.300 e. The molecule has 32 heavy (non-hydrogen) atoms. The van der Waals surface area contributed by atoms with Crippen LogP contribution in [0.15, 0.2) is 72.6 Å². The smallest absolute Gasteiger partial charge is 0.300 e. The van der Waals surface area contributed by atoms with E-state index in [1.165, 1.54) is 44.7 Å². The zero-order chi connectivity index (χ0) is 22.8. The Morgan fingerprint density at radius 1 is 1.06 bits per heavy atom. The first-order valence-electron chi connectivity index (χ1n) is 9.65. The maximum atomic E-state index is 14.0. The topological polar surface area (TPSA) is 89.0 Å². The number of halogens is 1. The van der Waals surface area contributed by atoms with Crippen molar-refractivity contribution in [2.24, 2.45) is 0 Å². The van der Waals surface area contributed by atoms with Gasteiger partial charge in [-0.1, -0.05) is 12.1 Å². The van der Waals surface area contributed by atoms with Gasteiger partial charge in [0.2, 0.25) is 0 Å². The highest BCUT2D eigenvalue weighted by Crippen LogP contribution is 2.43. The summed E-state index contributed by atoms with van der Waals surface area (Å²) in [4.78, 5) is 31.4. The molecule has 2 aromatic carbocycles. The molecule has 162 valence electrons. The second-order valence-corrected chi connectivity index (χ2v) is 7.00. The minimum absolute atomic E-state index is 0.168. The number of hydrogen-bond donors (Lipinski definition) is 1. The summed E-state index contributed by atoms with van der Waals surface area (Å²) < 4.78 is 24.5. The van der Waals surface area contributed by atoms with Crippen molar-refractivity contribution in [3.63, 3.8) is 0 Å². The molecular formula is C24H19FN2O5. The number of aliphatic hydroxyl groups excluding tert-OH is 1. The fourth-order valence-corrected chi connectivity index (χ4v) is 3.72. The molecule has 0 saturated carbocycles. The molecule has 1 amide bonds. The fourth-order valence-electron chi connectivity index (χ4n) is 3.72. The van der Waals surface area contributed by atoms with Crippen LogP contribution in [0.5, 0.6) is 11.5 Å². The molecule has 0 aliphatic carbocycles. The first-order valence-corrected chi connectivity index (χ1v) is 9.65. The lowest BCUT2D eigenvalue weighted by molar-refractivity contribution is -0.132. The third-order valence-electron chi connectivity index (χ3n) is 5.19. The van der Waals surface area contributed by atoms with Gasteiger partial charge in [-0.15, -0.1) is 0 Å². The second kappa shape index (κ2) is 8.50. The van der Waals surface area contributed by atoms with Crippen LogP contribution < -0.4 is 14.4 Å². The number of aliphatic hydroxyl groups is 1. The van der Waals surface area contributed by atoms with E-state index in [-0.39, 0.29) is 22.6 Å². The zero-order valence-corrected chi connectivity index (χ0v) is 17.3. The van der Waals surface area contributed by atoms with E-state index in [0.717, 1.165) is 11.0 Å². The summed E-state index contributed by atoms with van der Waals surface area (Å²) in [6, 6.07) is 12.4. The number of Topliss-reactive ketones (excluding diaryl/α,β-unsaturated/α-hetero) is 1. The number of amides is 1. The van der Waals surface area contributed by atoms with E-state index in [2.05, 4.69) is 4.98 Å². The van der Waals surface area contributed by atoms with Gasteiger partial charge in [-0.25, -0.2) is 4.39 Å². The van der Waals surface area contributed by atoms with Crippen LogP contribution >= 0.6 is 0 Å². The number of benzene rings is 2. The molecule has 1 N–H and O–H groups in total. The molecule has 0 spiro atoms. The quantitative estimate of drug-likeness (QED) is 0.373. The summed E-state index contributed by atoms with van der Waals surface area (Å²) in [5.41, 5.74) is 0.661. The van der Waals surface area contributed by atoms with E-state index in [9.17, 15) is 19.1 Å². The van der Waals surface area contributed by atoms with Gasteiger partial charge in [0.25, 0.3) is 11.7 Å². The van der Waals surface area contributed by atoms with E-state index < -0.39 is 29.3 Å². The summed E-state index contributed by atoms with van der Waals surface area (Å²) in [5, 5.41) is 11.2. The largest absolute Gasteiger partial charge is 0.507 e. The minimum Gasteiger partial charge on any atom is -0.507 e. The number of rotatable bonds is 5. The predicted octanol–water partition coefficient (Wildman–Crippen LogP) is 3.86. The Hall–Kier alpha value is -4.20. The third-order valence-corrected chi connectivity index (χ3v) is 5.19. The molecule has 1 aromatic heterocycles. The predicted molar refractivity (Wildman–Crippen MR) is 115 cm³/mol. The first-order chi connectivity index (χ1) is 15.5. The Morgan fingerprint density at radius 3 is 2.53 bits per heavy atom. The van der Waals surface area contributed by atoms with Crippen LogP contribution in [0.3, 0.4) is 0 Å². The van der Waals surface area contributed by atoms with Gasteiger partial charge in [-0.3, -0.25) is 19.5 Å². The second-order valence-electron chi connectivity index (χ2n) is 7.00. The van der Waals surface area contributed by atoms with Crippen LogP contribution in [0.1, 0.15) is 17.2 Å². The normalized spacial score (nSPS) is 17.5. The van der Waals surface area contributed by atoms with Gasteiger partial charge in [-0.2, -0.15) is 0 Å². The summed E-state index contributed by atoms with van der Waals surface area (Å²) in [5.74, 6) is -2.11. The number of ether oxygens (including phenoxy) is 2. The number of hydrogen-bond acceptors (Lipinski definition) is 6. The standard InChI is InChI=1S/C24H19FN2O5/c1-31-17-8-9-19(32-2)18(12-17)22(28)20-21(14-5-4-10-26-13-14)27(24(30)23(20)29)16-7-3-6-15(25)11-16/h3-13,21,28H,1-2H3/b22-20+. The summed E-state index contributed by atoms with van der Waals surface area (Å²) >= 11 is 0. The molecule has 1 unspecified atom stereocenters. The Labute approximate surface area is 183 Å². The highest BCUT2D eigenvalue weighted by Gasteiger charge is 2.47. The summed E-state index contributed by atoms with van der Waals surface area (Å²) in [7, 11) is 2.88. The number of anilines is 1. The Morgan fingerprint density at radius 2 is 1.88 bits per heavy atom. The molecule has 1 atom stereocenters. The van der Waals surface area contributed by atoms with Gasteiger partial charge >= 0.3 is 0 Å². The lowest BCUT2D eigenvalue weighted by Gasteiger charge is -2.25. The van der Waals surface area contributed by atoms with Gasteiger partial charge in [0.05, 0.1) is 31.4 Å². The summed E-state index contributed by atoms with van der Waals surface area (Å²) in [6.07, 6.45) is 3.03. The fraction of sp³-hybridized carbons (Fsp3) is 0.125. The van der Waals surface area contributed by atoms with Crippen molar-refractivity contribution in [2.75, 3.05) is 19.1 Å².